The van der Waals surface area contributed by atoms with Crippen molar-refractivity contribution in [1.82, 2.24) is 24.6 Å². The second kappa shape index (κ2) is 6.76. The van der Waals surface area contributed by atoms with Crippen molar-refractivity contribution in [2.45, 2.75) is 33.3 Å². The quantitative estimate of drug-likeness (QED) is 0.928. The Morgan fingerprint density at radius 3 is 2.96 bits per heavy atom. The molecule has 1 aliphatic rings. The minimum Gasteiger partial charge on any atom is -0.367 e. The van der Waals surface area contributed by atoms with Crippen molar-refractivity contribution in [3.05, 3.63) is 35.2 Å². The number of ether oxygens (including phenoxy) is 1. The van der Waals surface area contributed by atoms with E-state index < -0.39 is 0 Å². The molecule has 1 fully saturated rings. The van der Waals surface area contributed by atoms with Crippen LogP contribution in [0.25, 0.3) is 0 Å². The summed E-state index contributed by atoms with van der Waals surface area (Å²) in [6.45, 7) is 7.83. The van der Waals surface area contributed by atoms with Crippen molar-refractivity contribution >= 4 is 5.91 Å². The third-order valence-electron chi connectivity index (χ3n) is 4.15. The standard InChI is InChI=1S/C17H25N5O2/c1-11(2)7-13-8-14(21(4)20-13)17(23)22-5-6-24-15(10-22)16-18-9-12(3)19-16/h8-9,11,15H,5-7,10H2,1-4H3,(H,18,19)/t15-/m1/s1. The van der Waals surface area contributed by atoms with E-state index in [1.54, 1.807) is 10.9 Å². The molecule has 7 nitrogen and oxygen atoms in total. The lowest BCUT2D eigenvalue weighted by Crippen LogP contribution is -2.43. The summed E-state index contributed by atoms with van der Waals surface area (Å²) in [6, 6.07) is 1.91. The Bertz CT molecular complexity index is 718. The van der Waals surface area contributed by atoms with Gasteiger partial charge in [0.2, 0.25) is 0 Å². The number of imidazole rings is 1. The number of aryl methyl sites for hydroxylation is 2. The number of carbonyl (C=O) groups excluding carboxylic acids is 1. The number of aromatic amines is 1. The van der Waals surface area contributed by atoms with E-state index in [0.717, 1.165) is 23.6 Å². The van der Waals surface area contributed by atoms with Crippen LogP contribution in [0.15, 0.2) is 12.3 Å². The smallest absolute Gasteiger partial charge is 0.272 e. The summed E-state index contributed by atoms with van der Waals surface area (Å²) in [4.78, 5) is 22.2. The van der Waals surface area contributed by atoms with Crippen molar-refractivity contribution in [2.24, 2.45) is 13.0 Å². The number of amides is 1. The molecule has 1 atom stereocenters. The largest absolute Gasteiger partial charge is 0.367 e. The Hall–Kier alpha value is -2.15. The average Bonchev–Trinajstić information content (AvgIpc) is 3.12. The van der Waals surface area contributed by atoms with Gasteiger partial charge in [0.05, 0.1) is 18.8 Å². The second-order valence-electron chi connectivity index (χ2n) is 6.80. The molecule has 7 heteroatoms. The van der Waals surface area contributed by atoms with Crippen LogP contribution in [0.3, 0.4) is 0 Å². The van der Waals surface area contributed by atoms with Crippen LogP contribution in [-0.4, -0.2) is 50.3 Å². The minimum atomic E-state index is -0.209. The summed E-state index contributed by atoms with van der Waals surface area (Å²) in [6.07, 6.45) is 2.44. The number of carbonyl (C=O) groups is 1. The molecular weight excluding hydrogens is 306 g/mol. The maximum atomic E-state index is 12.9. The van der Waals surface area contributed by atoms with E-state index in [0.29, 0.717) is 31.3 Å². The Morgan fingerprint density at radius 2 is 2.29 bits per heavy atom. The molecule has 2 aromatic rings. The van der Waals surface area contributed by atoms with Crippen molar-refractivity contribution in [3.63, 3.8) is 0 Å². The summed E-state index contributed by atoms with van der Waals surface area (Å²) in [5.41, 5.74) is 2.58. The van der Waals surface area contributed by atoms with Gasteiger partial charge in [-0.15, -0.1) is 0 Å². The molecule has 0 spiro atoms. The maximum absolute atomic E-state index is 12.9. The van der Waals surface area contributed by atoms with Gasteiger partial charge in [-0.25, -0.2) is 4.98 Å². The van der Waals surface area contributed by atoms with E-state index in [2.05, 4.69) is 28.9 Å². The third kappa shape index (κ3) is 3.51. The van der Waals surface area contributed by atoms with Crippen LogP contribution in [-0.2, 0) is 18.2 Å². The Labute approximate surface area is 142 Å². The van der Waals surface area contributed by atoms with Gasteiger partial charge in [0.25, 0.3) is 5.91 Å². The lowest BCUT2D eigenvalue weighted by atomic mass is 10.1. The van der Waals surface area contributed by atoms with Crippen LogP contribution in [0.5, 0.6) is 0 Å². The minimum absolute atomic E-state index is 0.00316. The number of morpholine rings is 1. The molecule has 0 aliphatic carbocycles. The molecule has 1 N–H and O–H groups in total. The summed E-state index contributed by atoms with van der Waals surface area (Å²) in [7, 11) is 1.82. The molecule has 0 unspecified atom stereocenters. The molecule has 1 saturated heterocycles. The number of hydrogen-bond acceptors (Lipinski definition) is 4. The molecule has 3 rings (SSSR count). The van der Waals surface area contributed by atoms with Gasteiger partial charge in [-0.2, -0.15) is 5.10 Å². The molecule has 24 heavy (non-hydrogen) atoms. The lowest BCUT2D eigenvalue weighted by Gasteiger charge is -2.32. The molecule has 0 aromatic carbocycles. The van der Waals surface area contributed by atoms with Crippen LogP contribution in [0, 0.1) is 12.8 Å². The molecule has 0 radical (unpaired) electrons. The summed E-state index contributed by atoms with van der Waals surface area (Å²) in [5, 5.41) is 4.47. The first-order valence-electron chi connectivity index (χ1n) is 8.39. The predicted octanol–water partition coefficient (Wildman–Crippen LogP) is 1.86. The molecular formula is C17H25N5O2. The van der Waals surface area contributed by atoms with Gasteiger partial charge in [-0.1, -0.05) is 13.8 Å². The highest BCUT2D eigenvalue weighted by atomic mass is 16.5. The van der Waals surface area contributed by atoms with Crippen molar-refractivity contribution in [1.29, 1.82) is 0 Å². The average molecular weight is 331 g/mol. The van der Waals surface area contributed by atoms with Gasteiger partial charge in [0.1, 0.15) is 17.6 Å². The lowest BCUT2D eigenvalue weighted by molar-refractivity contribution is -0.0268. The molecule has 130 valence electrons. The number of hydrogen-bond donors (Lipinski definition) is 1. The van der Waals surface area contributed by atoms with Crippen LogP contribution < -0.4 is 0 Å². The first-order valence-corrected chi connectivity index (χ1v) is 8.39. The van der Waals surface area contributed by atoms with E-state index in [1.165, 1.54) is 0 Å². The zero-order chi connectivity index (χ0) is 17.3. The molecule has 1 aliphatic heterocycles. The number of nitrogens with one attached hydrogen (secondary N) is 1. The third-order valence-corrected chi connectivity index (χ3v) is 4.15. The Balaban J connectivity index is 1.73. The van der Waals surface area contributed by atoms with Gasteiger partial charge in [-0.05, 0) is 25.3 Å². The zero-order valence-corrected chi connectivity index (χ0v) is 14.7. The van der Waals surface area contributed by atoms with E-state index in [-0.39, 0.29) is 12.0 Å². The maximum Gasteiger partial charge on any atom is 0.272 e. The van der Waals surface area contributed by atoms with Gasteiger partial charge < -0.3 is 14.6 Å². The first-order chi connectivity index (χ1) is 11.4. The Kier molecular flexibility index (Phi) is 4.71. The topological polar surface area (TPSA) is 76.0 Å². The van der Waals surface area contributed by atoms with Gasteiger partial charge in [-0.3, -0.25) is 9.48 Å². The van der Waals surface area contributed by atoms with Crippen LogP contribution in [0.4, 0.5) is 0 Å². The summed E-state index contributed by atoms with van der Waals surface area (Å²) < 4.78 is 7.45. The molecule has 0 bridgehead atoms. The monoisotopic (exact) mass is 331 g/mol. The van der Waals surface area contributed by atoms with E-state index in [4.69, 9.17) is 4.74 Å². The zero-order valence-electron chi connectivity index (χ0n) is 14.7. The molecule has 3 heterocycles. The summed E-state index contributed by atoms with van der Waals surface area (Å²) in [5.74, 6) is 1.28. The van der Waals surface area contributed by atoms with Crippen LogP contribution in [0.2, 0.25) is 0 Å². The molecule has 1 amide bonds. The fraction of sp³-hybridized carbons (Fsp3) is 0.588. The number of aromatic nitrogens is 4. The van der Waals surface area contributed by atoms with Crippen molar-refractivity contribution < 1.29 is 9.53 Å². The SMILES string of the molecule is Cc1cnc([C@H]2CN(C(=O)c3cc(CC(C)C)nn3C)CCO2)[nH]1. The van der Waals surface area contributed by atoms with Crippen molar-refractivity contribution in [3.8, 4) is 0 Å². The van der Waals surface area contributed by atoms with E-state index >= 15 is 0 Å². The van der Waals surface area contributed by atoms with Crippen molar-refractivity contribution in [2.75, 3.05) is 19.7 Å². The van der Waals surface area contributed by atoms with Gasteiger partial charge in [0, 0.05) is 25.5 Å². The number of nitrogens with zero attached hydrogens (tertiary/aromatic N) is 4. The van der Waals surface area contributed by atoms with E-state index in [1.807, 2.05) is 24.9 Å². The highest BCUT2D eigenvalue weighted by Gasteiger charge is 2.29. The Morgan fingerprint density at radius 1 is 1.50 bits per heavy atom. The van der Waals surface area contributed by atoms with Crippen LogP contribution >= 0.6 is 0 Å². The normalized spacial score (nSPS) is 18.4. The van der Waals surface area contributed by atoms with Crippen LogP contribution in [0.1, 0.15) is 47.7 Å². The number of H-pyrrole nitrogens is 1. The fourth-order valence-electron chi connectivity index (χ4n) is 3.00. The fourth-order valence-corrected chi connectivity index (χ4v) is 3.00. The first kappa shape index (κ1) is 16.7. The molecule has 0 saturated carbocycles. The molecule has 2 aromatic heterocycles. The van der Waals surface area contributed by atoms with E-state index in [9.17, 15) is 4.79 Å². The second-order valence-corrected chi connectivity index (χ2v) is 6.80. The van der Waals surface area contributed by atoms with Gasteiger partial charge in [0.15, 0.2) is 0 Å². The van der Waals surface area contributed by atoms with Gasteiger partial charge >= 0.3 is 0 Å². The highest BCUT2D eigenvalue weighted by Crippen LogP contribution is 2.21. The highest BCUT2D eigenvalue weighted by molar-refractivity contribution is 5.92. The number of rotatable bonds is 4. The predicted molar refractivity (Wildman–Crippen MR) is 89.7 cm³/mol. The summed E-state index contributed by atoms with van der Waals surface area (Å²) >= 11 is 0.